The molecule has 0 spiro atoms. The maximum absolute atomic E-state index is 12.0. The number of halogens is 1. The van der Waals surface area contributed by atoms with E-state index in [1.54, 1.807) is 0 Å². The lowest BCUT2D eigenvalue weighted by molar-refractivity contribution is -0.148. The number of likely N-dealkylation sites (tertiary alicyclic amines) is 1. The van der Waals surface area contributed by atoms with E-state index in [0.717, 1.165) is 29.4 Å². The highest BCUT2D eigenvalue weighted by atomic mass is 79.9. The zero-order valence-corrected chi connectivity index (χ0v) is 12.5. The van der Waals surface area contributed by atoms with E-state index in [-0.39, 0.29) is 12.1 Å². The number of aliphatic hydroxyl groups is 1. The van der Waals surface area contributed by atoms with Gasteiger partial charge < -0.3 is 9.84 Å². The van der Waals surface area contributed by atoms with E-state index < -0.39 is 6.04 Å². The monoisotopic (exact) mass is 327 g/mol. The number of hydrogen-bond acceptors (Lipinski definition) is 4. The minimum absolute atomic E-state index is 0.281. The third kappa shape index (κ3) is 3.55. The molecule has 0 aromatic heterocycles. The van der Waals surface area contributed by atoms with Gasteiger partial charge in [-0.05, 0) is 37.1 Å². The predicted octanol–water partition coefficient (Wildman–Crippen LogP) is 2.12. The quantitative estimate of drug-likeness (QED) is 0.864. The summed E-state index contributed by atoms with van der Waals surface area (Å²) in [5.74, 6) is -0.281. The molecule has 1 heterocycles. The van der Waals surface area contributed by atoms with E-state index in [0.29, 0.717) is 6.54 Å². The average molecular weight is 328 g/mol. The number of carbonyl (C=O) groups is 1. The molecule has 1 aliphatic rings. The molecule has 1 aliphatic heterocycles. The highest BCUT2D eigenvalue weighted by Gasteiger charge is 2.31. The number of esters is 1. The summed E-state index contributed by atoms with van der Waals surface area (Å²) < 4.78 is 5.88. The van der Waals surface area contributed by atoms with E-state index in [1.165, 1.54) is 7.11 Å². The number of β-amino-alcohol motifs (C(OH)–C–C–N with tert-alkyl or cyclic N) is 1. The first kappa shape index (κ1) is 14.5. The lowest BCUT2D eigenvalue weighted by Crippen LogP contribution is -2.43. The number of hydrogen-bond donors (Lipinski definition) is 1. The van der Waals surface area contributed by atoms with Crippen LogP contribution in [0.15, 0.2) is 28.7 Å². The van der Waals surface area contributed by atoms with E-state index in [2.05, 4.69) is 15.9 Å². The molecule has 5 heteroatoms. The molecule has 2 atom stereocenters. The summed E-state index contributed by atoms with van der Waals surface area (Å²) in [6.45, 7) is 1.31. The number of benzene rings is 1. The highest BCUT2D eigenvalue weighted by Crippen LogP contribution is 2.27. The van der Waals surface area contributed by atoms with Crippen molar-refractivity contribution in [2.75, 3.05) is 20.2 Å². The van der Waals surface area contributed by atoms with Crippen LogP contribution in [0, 0.1) is 0 Å². The van der Waals surface area contributed by atoms with Crippen LogP contribution in [0.2, 0.25) is 0 Å². The summed E-state index contributed by atoms with van der Waals surface area (Å²) in [7, 11) is 1.40. The van der Waals surface area contributed by atoms with E-state index >= 15 is 0 Å². The number of ether oxygens (including phenoxy) is 1. The third-order valence-electron chi connectivity index (χ3n) is 3.40. The van der Waals surface area contributed by atoms with Crippen molar-refractivity contribution < 1.29 is 14.6 Å². The Morgan fingerprint density at radius 1 is 1.47 bits per heavy atom. The molecule has 0 amide bonds. The lowest BCUT2D eigenvalue weighted by atomic mass is 10.0. The number of methoxy groups -OCH3 is 1. The molecule has 0 bridgehead atoms. The van der Waals surface area contributed by atoms with Gasteiger partial charge in [0.15, 0.2) is 0 Å². The van der Waals surface area contributed by atoms with Crippen LogP contribution in [0.5, 0.6) is 0 Å². The van der Waals surface area contributed by atoms with Gasteiger partial charge in [0, 0.05) is 11.0 Å². The van der Waals surface area contributed by atoms with E-state index in [9.17, 15) is 9.90 Å². The van der Waals surface area contributed by atoms with Gasteiger partial charge in [0.2, 0.25) is 0 Å². The largest absolute Gasteiger partial charge is 0.468 e. The van der Waals surface area contributed by atoms with Crippen LogP contribution in [0.1, 0.15) is 24.4 Å². The molecule has 0 aliphatic carbocycles. The molecule has 0 saturated carbocycles. The van der Waals surface area contributed by atoms with Crippen LogP contribution in [0.4, 0.5) is 0 Å². The van der Waals surface area contributed by atoms with Gasteiger partial charge in [0.1, 0.15) is 6.04 Å². The SMILES string of the molecule is COC(=O)[C@H](c1ccc(Br)cc1)N1CCC[C@@H](O)C1. The zero-order chi connectivity index (χ0) is 13.8. The fraction of sp³-hybridized carbons (Fsp3) is 0.500. The van der Waals surface area contributed by atoms with Crippen LogP contribution in [0.3, 0.4) is 0 Å². The first-order valence-corrected chi connectivity index (χ1v) is 7.16. The van der Waals surface area contributed by atoms with Crippen molar-refractivity contribution in [3.05, 3.63) is 34.3 Å². The fourth-order valence-corrected chi connectivity index (χ4v) is 2.73. The van der Waals surface area contributed by atoms with Crippen LogP contribution < -0.4 is 0 Å². The Morgan fingerprint density at radius 3 is 2.74 bits per heavy atom. The summed E-state index contributed by atoms with van der Waals surface area (Å²) in [4.78, 5) is 14.0. The summed E-state index contributed by atoms with van der Waals surface area (Å²) >= 11 is 3.38. The molecule has 4 nitrogen and oxygen atoms in total. The topological polar surface area (TPSA) is 49.8 Å². The van der Waals surface area contributed by atoms with E-state index in [1.807, 2.05) is 29.2 Å². The van der Waals surface area contributed by atoms with Crippen molar-refractivity contribution in [1.29, 1.82) is 0 Å². The molecular weight excluding hydrogens is 310 g/mol. The average Bonchev–Trinajstić information content (AvgIpc) is 2.41. The second kappa shape index (κ2) is 6.50. The van der Waals surface area contributed by atoms with Gasteiger partial charge in [0.25, 0.3) is 0 Å². The molecule has 1 N–H and O–H groups in total. The number of rotatable bonds is 3. The zero-order valence-electron chi connectivity index (χ0n) is 10.9. The van der Waals surface area contributed by atoms with Gasteiger partial charge >= 0.3 is 5.97 Å². The normalized spacial score (nSPS) is 21.9. The van der Waals surface area contributed by atoms with Gasteiger partial charge in [0.05, 0.1) is 13.2 Å². The Bertz CT molecular complexity index is 435. The first-order chi connectivity index (χ1) is 9.11. The second-order valence-electron chi connectivity index (χ2n) is 4.77. The number of carbonyl (C=O) groups excluding carboxylic acids is 1. The molecule has 1 aromatic carbocycles. The Kier molecular flexibility index (Phi) is 4.96. The first-order valence-electron chi connectivity index (χ1n) is 6.37. The summed E-state index contributed by atoms with van der Waals surface area (Å²) in [6.07, 6.45) is 1.33. The fourth-order valence-electron chi connectivity index (χ4n) is 2.47. The molecule has 1 aromatic rings. The Labute approximate surface area is 121 Å². The summed E-state index contributed by atoms with van der Waals surface area (Å²) in [5, 5.41) is 9.77. The Morgan fingerprint density at radius 2 is 2.16 bits per heavy atom. The van der Waals surface area contributed by atoms with Crippen LogP contribution >= 0.6 is 15.9 Å². The van der Waals surface area contributed by atoms with Gasteiger partial charge in [-0.2, -0.15) is 0 Å². The predicted molar refractivity (Wildman–Crippen MR) is 75.7 cm³/mol. The van der Waals surface area contributed by atoms with Gasteiger partial charge in [-0.3, -0.25) is 4.90 Å². The summed E-state index contributed by atoms with van der Waals surface area (Å²) in [6, 6.07) is 7.20. The molecule has 19 heavy (non-hydrogen) atoms. The van der Waals surface area contributed by atoms with Crippen molar-refractivity contribution in [3.8, 4) is 0 Å². The molecule has 1 fully saturated rings. The van der Waals surface area contributed by atoms with Crippen LogP contribution in [-0.2, 0) is 9.53 Å². The molecule has 104 valence electrons. The van der Waals surface area contributed by atoms with Crippen molar-refractivity contribution in [1.82, 2.24) is 4.90 Å². The minimum Gasteiger partial charge on any atom is -0.468 e. The minimum atomic E-state index is -0.437. The maximum atomic E-state index is 12.0. The van der Waals surface area contributed by atoms with Crippen molar-refractivity contribution in [3.63, 3.8) is 0 Å². The lowest BCUT2D eigenvalue weighted by Gasteiger charge is -2.35. The van der Waals surface area contributed by atoms with Crippen molar-refractivity contribution >= 4 is 21.9 Å². The third-order valence-corrected chi connectivity index (χ3v) is 3.93. The molecular formula is C14H18BrNO3. The highest BCUT2D eigenvalue weighted by molar-refractivity contribution is 9.10. The Balaban J connectivity index is 2.25. The number of nitrogens with zero attached hydrogens (tertiary/aromatic N) is 1. The van der Waals surface area contributed by atoms with Crippen molar-refractivity contribution in [2.45, 2.75) is 25.0 Å². The van der Waals surface area contributed by atoms with Crippen LogP contribution in [-0.4, -0.2) is 42.3 Å². The molecule has 1 saturated heterocycles. The second-order valence-corrected chi connectivity index (χ2v) is 5.68. The molecule has 2 rings (SSSR count). The van der Waals surface area contributed by atoms with Crippen LogP contribution in [0.25, 0.3) is 0 Å². The van der Waals surface area contributed by atoms with Gasteiger partial charge in [-0.1, -0.05) is 28.1 Å². The summed E-state index contributed by atoms with van der Waals surface area (Å²) in [5.41, 5.74) is 0.893. The smallest absolute Gasteiger partial charge is 0.327 e. The molecule has 0 radical (unpaired) electrons. The number of aliphatic hydroxyl groups excluding tert-OH is 1. The maximum Gasteiger partial charge on any atom is 0.327 e. The Hall–Kier alpha value is -0.910. The van der Waals surface area contributed by atoms with Crippen molar-refractivity contribution in [2.24, 2.45) is 0 Å². The van der Waals surface area contributed by atoms with Gasteiger partial charge in [-0.15, -0.1) is 0 Å². The standard InChI is InChI=1S/C14H18BrNO3/c1-19-14(18)13(10-4-6-11(15)7-5-10)16-8-2-3-12(17)9-16/h4-7,12-13,17H,2-3,8-9H2,1H3/t12-,13+/m1/s1. The number of piperidine rings is 1. The van der Waals surface area contributed by atoms with E-state index in [4.69, 9.17) is 4.74 Å². The van der Waals surface area contributed by atoms with Gasteiger partial charge in [-0.25, -0.2) is 4.79 Å². The molecule has 0 unspecified atom stereocenters.